The number of carbonyl (C=O) groups is 1. The number of aliphatic hydroxyl groups is 1. The minimum atomic E-state index is -0.365. The smallest absolute Gasteiger partial charge is 0.256 e. The molecular weight excluding hydrogens is 394 g/mol. The number of pyridine rings is 1. The number of carbonyl (C=O) groups excluding carboxylic acids is 1. The minimum Gasteiger partial charge on any atom is -0.490 e. The van der Waals surface area contributed by atoms with Gasteiger partial charge in [-0.25, -0.2) is 4.98 Å². The molecule has 0 spiro atoms. The standard InChI is InChI=1S/C24H29N3O4/c1-15-11-20-22(21(13-28)26(2)24(20)29)25-23(15)27-8-5-18(6-9-27)31-19-4-3-16-7-10-30-14-17(16)12-19/h3-4,11-12,18,21,28H,5-10,13-14H2,1-2H3/t21-/m1/s1. The summed E-state index contributed by atoms with van der Waals surface area (Å²) in [7, 11) is 1.72. The van der Waals surface area contributed by atoms with E-state index in [2.05, 4.69) is 23.1 Å². The fourth-order valence-corrected chi connectivity index (χ4v) is 4.88. The van der Waals surface area contributed by atoms with E-state index in [-0.39, 0.29) is 24.7 Å². The van der Waals surface area contributed by atoms with Crippen LogP contribution in [-0.4, -0.2) is 60.4 Å². The van der Waals surface area contributed by atoms with Gasteiger partial charge in [0.2, 0.25) is 0 Å². The third-order valence-corrected chi connectivity index (χ3v) is 6.72. The van der Waals surface area contributed by atoms with Crippen LogP contribution in [0.3, 0.4) is 0 Å². The van der Waals surface area contributed by atoms with Crippen molar-refractivity contribution in [2.24, 2.45) is 0 Å². The van der Waals surface area contributed by atoms with Crippen molar-refractivity contribution in [3.05, 3.63) is 52.2 Å². The van der Waals surface area contributed by atoms with Crippen LogP contribution in [0.15, 0.2) is 24.3 Å². The van der Waals surface area contributed by atoms with Gasteiger partial charge in [0.15, 0.2) is 0 Å². The summed E-state index contributed by atoms with van der Waals surface area (Å²) in [5, 5.41) is 9.75. The zero-order valence-electron chi connectivity index (χ0n) is 18.1. The van der Waals surface area contributed by atoms with Gasteiger partial charge in [0.05, 0.1) is 37.1 Å². The Kier molecular flexibility index (Phi) is 5.32. The van der Waals surface area contributed by atoms with Crippen molar-refractivity contribution in [1.82, 2.24) is 9.88 Å². The number of nitrogens with zero attached hydrogens (tertiary/aromatic N) is 3. The number of hydrogen-bond donors (Lipinski definition) is 1. The second-order valence-corrected chi connectivity index (χ2v) is 8.71. The Morgan fingerprint density at radius 2 is 2.03 bits per heavy atom. The minimum absolute atomic E-state index is 0.0706. The molecular formula is C24H29N3O4. The van der Waals surface area contributed by atoms with Crippen molar-refractivity contribution in [3.8, 4) is 5.75 Å². The zero-order valence-corrected chi connectivity index (χ0v) is 18.1. The van der Waals surface area contributed by atoms with Crippen molar-refractivity contribution >= 4 is 11.7 Å². The summed E-state index contributed by atoms with van der Waals surface area (Å²) in [6.45, 7) is 5.04. The number of anilines is 1. The van der Waals surface area contributed by atoms with Crippen LogP contribution in [0.2, 0.25) is 0 Å². The van der Waals surface area contributed by atoms with Crippen molar-refractivity contribution in [2.75, 3.05) is 38.3 Å². The number of amides is 1. The highest BCUT2D eigenvalue weighted by molar-refractivity contribution is 5.99. The molecule has 31 heavy (non-hydrogen) atoms. The van der Waals surface area contributed by atoms with Crippen LogP contribution in [0.1, 0.15) is 51.6 Å². The van der Waals surface area contributed by atoms with Gasteiger partial charge in [-0.2, -0.15) is 0 Å². The van der Waals surface area contributed by atoms with Crippen LogP contribution in [0.5, 0.6) is 5.75 Å². The third-order valence-electron chi connectivity index (χ3n) is 6.72. The lowest BCUT2D eigenvalue weighted by atomic mass is 10.0. The van der Waals surface area contributed by atoms with Crippen LogP contribution >= 0.6 is 0 Å². The maximum atomic E-state index is 12.4. The highest BCUT2D eigenvalue weighted by atomic mass is 16.5. The van der Waals surface area contributed by atoms with Gasteiger partial charge >= 0.3 is 0 Å². The molecule has 1 saturated heterocycles. The molecule has 2 aromatic rings. The molecule has 3 aliphatic heterocycles. The van der Waals surface area contributed by atoms with E-state index in [9.17, 15) is 9.90 Å². The van der Waals surface area contributed by atoms with Crippen LogP contribution in [0.4, 0.5) is 5.82 Å². The number of aromatic nitrogens is 1. The number of benzene rings is 1. The van der Waals surface area contributed by atoms with Crippen molar-refractivity contribution in [2.45, 2.75) is 44.9 Å². The molecule has 1 N–H and O–H groups in total. The maximum absolute atomic E-state index is 12.4. The Morgan fingerprint density at radius 3 is 2.81 bits per heavy atom. The molecule has 7 heteroatoms. The molecule has 0 bridgehead atoms. The summed E-state index contributed by atoms with van der Waals surface area (Å²) < 4.78 is 11.9. The Morgan fingerprint density at radius 1 is 1.23 bits per heavy atom. The lowest BCUT2D eigenvalue weighted by Gasteiger charge is -2.34. The van der Waals surface area contributed by atoms with Gasteiger partial charge < -0.3 is 24.4 Å². The monoisotopic (exact) mass is 423 g/mol. The second kappa shape index (κ2) is 8.13. The molecule has 0 saturated carbocycles. The lowest BCUT2D eigenvalue weighted by molar-refractivity contribution is 0.0715. The van der Waals surface area contributed by atoms with E-state index in [1.165, 1.54) is 11.1 Å². The molecule has 1 aromatic carbocycles. The van der Waals surface area contributed by atoms with E-state index in [1.807, 2.05) is 13.0 Å². The van der Waals surface area contributed by atoms with Gasteiger partial charge in [-0.05, 0) is 48.2 Å². The van der Waals surface area contributed by atoms with E-state index in [0.717, 1.165) is 56.1 Å². The Labute approximate surface area is 182 Å². The molecule has 3 aliphatic rings. The fourth-order valence-electron chi connectivity index (χ4n) is 4.88. The van der Waals surface area contributed by atoms with E-state index in [4.69, 9.17) is 14.5 Å². The molecule has 0 unspecified atom stereocenters. The van der Waals surface area contributed by atoms with Crippen LogP contribution in [0.25, 0.3) is 0 Å². The molecule has 4 heterocycles. The van der Waals surface area contributed by atoms with E-state index >= 15 is 0 Å². The predicted molar refractivity (Wildman–Crippen MR) is 117 cm³/mol. The maximum Gasteiger partial charge on any atom is 0.256 e. The molecule has 7 nitrogen and oxygen atoms in total. The van der Waals surface area contributed by atoms with Gasteiger partial charge in [0.1, 0.15) is 17.7 Å². The number of rotatable bonds is 4. The van der Waals surface area contributed by atoms with Gasteiger partial charge in [0, 0.05) is 33.0 Å². The average molecular weight is 424 g/mol. The SMILES string of the molecule is Cc1cc2c(nc1N1CCC(Oc3ccc4c(c3)COCC4)CC1)[C@@H](CO)N(C)C2=O. The first-order chi connectivity index (χ1) is 15.0. The Balaban J connectivity index is 1.27. The van der Waals surface area contributed by atoms with E-state index in [1.54, 1.807) is 11.9 Å². The predicted octanol–water partition coefficient (Wildman–Crippen LogP) is 2.63. The fraction of sp³-hybridized carbons (Fsp3) is 0.500. The number of likely N-dealkylation sites (N-methyl/N-ethyl adjacent to an activating group) is 1. The highest BCUT2D eigenvalue weighted by Crippen LogP contribution is 2.35. The molecule has 1 aromatic heterocycles. The summed E-state index contributed by atoms with van der Waals surface area (Å²) in [6.07, 6.45) is 2.97. The molecule has 0 radical (unpaired) electrons. The summed E-state index contributed by atoms with van der Waals surface area (Å²) in [4.78, 5) is 21.1. The highest BCUT2D eigenvalue weighted by Gasteiger charge is 2.36. The molecule has 1 atom stereocenters. The number of aliphatic hydroxyl groups excluding tert-OH is 1. The first-order valence-electron chi connectivity index (χ1n) is 11.1. The van der Waals surface area contributed by atoms with E-state index < -0.39 is 0 Å². The van der Waals surface area contributed by atoms with Crippen molar-refractivity contribution in [1.29, 1.82) is 0 Å². The van der Waals surface area contributed by atoms with Gasteiger partial charge in [0.25, 0.3) is 5.91 Å². The number of hydrogen-bond acceptors (Lipinski definition) is 6. The van der Waals surface area contributed by atoms with Gasteiger partial charge in [-0.15, -0.1) is 0 Å². The largest absolute Gasteiger partial charge is 0.490 e. The average Bonchev–Trinajstić information content (AvgIpc) is 3.02. The molecule has 1 amide bonds. The molecule has 5 rings (SSSR count). The summed E-state index contributed by atoms with van der Waals surface area (Å²) >= 11 is 0. The molecule has 164 valence electrons. The molecule has 1 fully saturated rings. The lowest BCUT2D eigenvalue weighted by Crippen LogP contribution is -2.39. The molecule has 0 aliphatic carbocycles. The van der Waals surface area contributed by atoms with Crippen molar-refractivity contribution in [3.63, 3.8) is 0 Å². The number of ether oxygens (including phenoxy) is 2. The summed E-state index contributed by atoms with van der Waals surface area (Å²) in [5.41, 5.74) is 4.88. The normalized spacial score (nSPS) is 21.3. The second-order valence-electron chi connectivity index (χ2n) is 8.71. The summed E-state index contributed by atoms with van der Waals surface area (Å²) in [5.74, 6) is 1.75. The Hall–Kier alpha value is -2.64. The first kappa shape index (κ1) is 20.3. The quantitative estimate of drug-likeness (QED) is 0.815. The number of aryl methyl sites for hydroxylation is 1. The van der Waals surface area contributed by atoms with Crippen LogP contribution in [0, 0.1) is 6.92 Å². The topological polar surface area (TPSA) is 75.1 Å². The first-order valence-corrected chi connectivity index (χ1v) is 11.1. The van der Waals surface area contributed by atoms with Gasteiger partial charge in [-0.3, -0.25) is 4.79 Å². The van der Waals surface area contributed by atoms with Gasteiger partial charge in [-0.1, -0.05) is 6.07 Å². The third kappa shape index (κ3) is 3.66. The van der Waals surface area contributed by atoms with Crippen LogP contribution < -0.4 is 9.64 Å². The number of fused-ring (bicyclic) bond motifs is 2. The summed E-state index contributed by atoms with van der Waals surface area (Å²) in [6, 6.07) is 7.91. The number of piperidine rings is 1. The Bertz CT molecular complexity index is 1000. The van der Waals surface area contributed by atoms with Crippen molar-refractivity contribution < 1.29 is 19.4 Å². The zero-order chi connectivity index (χ0) is 21.5. The van der Waals surface area contributed by atoms with E-state index in [0.29, 0.717) is 17.9 Å². The van der Waals surface area contributed by atoms with Crippen LogP contribution in [-0.2, 0) is 17.8 Å².